The Labute approximate surface area is 217 Å². The second-order valence-corrected chi connectivity index (χ2v) is 10.9. The maximum atomic E-state index is 14.0. The van der Waals surface area contributed by atoms with Crippen molar-refractivity contribution in [2.45, 2.75) is 57.3 Å². The van der Waals surface area contributed by atoms with Gasteiger partial charge in [-0.3, -0.25) is 14.5 Å². The zero-order valence-electron chi connectivity index (χ0n) is 20.5. The van der Waals surface area contributed by atoms with Crippen LogP contribution in [0.15, 0.2) is 48.1 Å². The standard InChI is InChI=1S/C27H27F3N4O2S/c1-27(2,36)24-10-16(6-8-31-24)14-33(18-7-9-37-15-18)26(35)23-5-3-4-22-19(13-32-34(22)23)17-11-20(28)25(30)21(29)12-17/h6-13,18,23,36H,3-5,14-15H2,1-2H3. The summed E-state index contributed by atoms with van der Waals surface area (Å²) in [5.41, 5.74) is 1.62. The zero-order chi connectivity index (χ0) is 26.3. The van der Waals surface area contributed by atoms with Crippen molar-refractivity contribution in [1.29, 1.82) is 0 Å². The van der Waals surface area contributed by atoms with Crippen molar-refractivity contribution < 1.29 is 23.1 Å². The molecule has 6 nitrogen and oxygen atoms in total. The van der Waals surface area contributed by atoms with Gasteiger partial charge in [0.25, 0.3) is 0 Å². The Morgan fingerprint density at radius 3 is 2.68 bits per heavy atom. The SMILES string of the molecule is CC(C)(O)c1cc(CN(C(=O)C2CCCc3c(-c4cc(F)c(F)c(F)c4)cnn32)C2C=CSC2)ccn1. The van der Waals surface area contributed by atoms with E-state index in [1.807, 2.05) is 28.5 Å². The smallest absolute Gasteiger partial charge is 0.248 e. The first-order chi connectivity index (χ1) is 17.6. The number of carbonyl (C=O) groups excluding carboxylic acids is 1. The first-order valence-corrected chi connectivity index (χ1v) is 13.2. The number of rotatable bonds is 6. The van der Waals surface area contributed by atoms with Gasteiger partial charge in [-0.15, -0.1) is 11.8 Å². The highest BCUT2D eigenvalue weighted by atomic mass is 32.2. The Morgan fingerprint density at radius 2 is 2.00 bits per heavy atom. The summed E-state index contributed by atoms with van der Waals surface area (Å²) in [6, 6.07) is 4.86. The van der Waals surface area contributed by atoms with E-state index >= 15 is 0 Å². The fraction of sp³-hybridized carbons (Fsp3) is 0.370. The number of pyridine rings is 1. The van der Waals surface area contributed by atoms with Crippen LogP contribution in [0.1, 0.15) is 49.7 Å². The molecule has 0 spiro atoms. The number of aliphatic hydroxyl groups is 1. The van der Waals surface area contributed by atoms with Crippen LogP contribution < -0.4 is 0 Å². The molecule has 0 bridgehead atoms. The summed E-state index contributed by atoms with van der Waals surface area (Å²) >= 11 is 1.63. The summed E-state index contributed by atoms with van der Waals surface area (Å²) in [6.45, 7) is 3.65. The first kappa shape index (κ1) is 25.5. The third kappa shape index (κ3) is 5.04. The molecule has 2 aliphatic heterocycles. The van der Waals surface area contributed by atoms with Crippen LogP contribution in [0.3, 0.4) is 0 Å². The molecule has 2 aliphatic rings. The lowest BCUT2D eigenvalue weighted by molar-refractivity contribution is -0.137. The van der Waals surface area contributed by atoms with E-state index in [9.17, 15) is 23.1 Å². The number of fused-ring (bicyclic) bond motifs is 1. The molecule has 2 unspecified atom stereocenters. The zero-order valence-corrected chi connectivity index (χ0v) is 21.3. The highest BCUT2D eigenvalue weighted by Gasteiger charge is 2.35. The second kappa shape index (κ2) is 9.98. The molecule has 10 heteroatoms. The number of nitrogens with zero attached hydrogens (tertiary/aromatic N) is 4. The molecule has 0 fully saturated rings. The van der Waals surface area contributed by atoms with Gasteiger partial charge in [0.2, 0.25) is 5.91 Å². The molecule has 0 saturated carbocycles. The average Bonchev–Trinajstić information content (AvgIpc) is 3.55. The average molecular weight is 529 g/mol. The second-order valence-electron chi connectivity index (χ2n) is 9.92. The molecule has 194 valence electrons. The van der Waals surface area contributed by atoms with E-state index in [-0.39, 0.29) is 17.5 Å². The quantitative estimate of drug-likeness (QED) is 0.450. The van der Waals surface area contributed by atoms with Crippen molar-refractivity contribution in [1.82, 2.24) is 19.7 Å². The molecule has 2 aromatic heterocycles. The monoisotopic (exact) mass is 528 g/mol. The van der Waals surface area contributed by atoms with Crippen molar-refractivity contribution in [3.8, 4) is 11.1 Å². The van der Waals surface area contributed by atoms with Gasteiger partial charge in [0.05, 0.1) is 17.9 Å². The number of hydrogen-bond donors (Lipinski definition) is 1. The van der Waals surface area contributed by atoms with Gasteiger partial charge in [-0.1, -0.05) is 6.08 Å². The van der Waals surface area contributed by atoms with Crippen LogP contribution >= 0.6 is 11.8 Å². The van der Waals surface area contributed by atoms with Crippen LogP contribution in [0, 0.1) is 17.5 Å². The fourth-order valence-corrected chi connectivity index (χ4v) is 5.77. The van der Waals surface area contributed by atoms with Crippen LogP contribution in [0.4, 0.5) is 13.2 Å². The Balaban J connectivity index is 1.47. The van der Waals surface area contributed by atoms with Gasteiger partial charge in [0, 0.05) is 29.8 Å². The molecule has 1 amide bonds. The Kier molecular flexibility index (Phi) is 6.89. The first-order valence-electron chi connectivity index (χ1n) is 12.1. The Bertz CT molecular complexity index is 1340. The molecular formula is C27H27F3N4O2S. The molecule has 37 heavy (non-hydrogen) atoms. The third-order valence-corrected chi connectivity index (χ3v) is 7.70. The minimum atomic E-state index is -1.51. The normalized spacial score (nSPS) is 19.2. The number of hydrogen-bond acceptors (Lipinski definition) is 5. The van der Waals surface area contributed by atoms with E-state index in [0.29, 0.717) is 42.8 Å². The van der Waals surface area contributed by atoms with E-state index in [1.54, 1.807) is 36.5 Å². The molecule has 1 aromatic carbocycles. The van der Waals surface area contributed by atoms with E-state index < -0.39 is 29.1 Å². The number of thioether (sulfide) groups is 1. The molecule has 2 atom stereocenters. The summed E-state index contributed by atoms with van der Waals surface area (Å²) < 4.78 is 43.0. The molecule has 0 radical (unpaired) electrons. The summed E-state index contributed by atoms with van der Waals surface area (Å²) in [4.78, 5) is 20.1. The Hall–Kier alpha value is -3.11. The van der Waals surface area contributed by atoms with Crippen molar-refractivity contribution in [3.05, 3.63) is 82.5 Å². The predicted molar refractivity (Wildman–Crippen MR) is 135 cm³/mol. The van der Waals surface area contributed by atoms with E-state index in [0.717, 1.165) is 23.4 Å². The van der Waals surface area contributed by atoms with Crippen molar-refractivity contribution in [2.75, 3.05) is 5.75 Å². The highest BCUT2D eigenvalue weighted by Crippen LogP contribution is 2.35. The number of aromatic nitrogens is 3. The molecular weight excluding hydrogens is 501 g/mol. The molecule has 5 rings (SSSR count). The van der Waals surface area contributed by atoms with Crippen molar-refractivity contribution in [3.63, 3.8) is 0 Å². The summed E-state index contributed by atoms with van der Waals surface area (Å²) in [5.74, 6) is -3.42. The third-order valence-electron chi connectivity index (χ3n) is 6.82. The molecule has 0 aliphatic carbocycles. The van der Waals surface area contributed by atoms with Gasteiger partial charge in [0.15, 0.2) is 17.5 Å². The topological polar surface area (TPSA) is 71.2 Å². The van der Waals surface area contributed by atoms with E-state index in [2.05, 4.69) is 10.1 Å². The van der Waals surface area contributed by atoms with Crippen molar-refractivity contribution in [2.24, 2.45) is 0 Å². The van der Waals surface area contributed by atoms with Crippen LogP contribution in [-0.2, 0) is 23.4 Å². The summed E-state index contributed by atoms with van der Waals surface area (Å²) in [7, 11) is 0. The molecule has 1 N–H and O–H groups in total. The maximum absolute atomic E-state index is 14.0. The van der Waals surface area contributed by atoms with Crippen molar-refractivity contribution >= 4 is 17.7 Å². The van der Waals surface area contributed by atoms with Crippen LogP contribution in [0.5, 0.6) is 0 Å². The van der Waals surface area contributed by atoms with E-state index in [1.165, 1.54) is 6.20 Å². The molecule has 0 saturated heterocycles. The van der Waals surface area contributed by atoms with Gasteiger partial charge in [-0.2, -0.15) is 5.10 Å². The van der Waals surface area contributed by atoms with Gasteiger partial charge in [-0.25, -0.2) is 13.2 Å². The predicted octanol–water partition coefficient (Wildman–Crippen LogP) is 5.13. The van der Waals surface area contributed by atoms with Gasteiger partial charge in [0.1, 0.15) is 11.6 Å². The number of amides is 1. The Morgan fingerprint density at radius 1 is 1.24 bits per heavy atom. The number of halogens is 3. The van der Waals surface area contributed by atoms with Gasteiger partial charge >= 0.3 is 0 Å². The minimum Gasteiger partial charge on any atom is -0.384 e. The number of benzene rings is 1. The lowest BCUT2D eigenvalue weighted by atomic mass is 9.96. The highest BCUT2D eigenvalue weighted by molar-refractivity contribution is 8.02. The maximum Gasteiger partial charge on any atom is 0.248 e. The van der Waals surface area contributed by atoms with Crippen LogP contribution in [0.25, 0.3) is 11.1 Å². The summed E-state index contributed by atoms with van der Waals surface area (Å²) in [5, 5.41) is 16.8. The molecule has 4 heterocycles. The minimum absolute atomic E-state index is 0.106. The lowest BCUT2D eigenvalue weighted by Crippen LogP contribution is -2.44. The molecule has 3 aromatic rings. The van der Waals surface area contributed by atoms with E-state index in [4.69, 9.17) is 0 Å². The summed E-state index contributed by atoms with van der Waals surface area (Å²) in [6.07, 6.45) is 6.97. The number of carbonyl (C=O) groups is 1. The lowest BCUT2D eigenvalue weighted by Gasteiger charge is -2.34. The van der Waals surface area contributed by atoms with Crippen LogP contribution in [0.2, 0.25) is 0 Å². The van der Waals surface area contributed by atoms with Gasteiger partial charge < -0.3 is 10.0 Å². The van der Waals surface area contributed by atoms with Gasteiger partial charge in [-0.05, 0) is 73.9 Å². The fourth-order valence-electron chi connectivity index (χ4n) is 4.87. The largest absolute Gasteiger partial charge is 0.384 e. The van der Waals surface area contributed by atoms with Crippen LogP contribution in [-0.4, -0.2) is 42.5 Å².